The highest BCUT2D eigenvalue weighted by atomic mass is 19.4. The van der Waals surface area contributed by atoms with Gasteiger partial charge in [0.25, 0.3) is 0 Å². The summed E-state index contributed by atoms with van der Waals surface area (Å²) >= 11 is 0. The third-order valence-electron chi connectivity index (χ3n) is 1.87. The predicted octanol–water partition coefficient (Wildman–Crippen LogP) is 2.50. The Labute approximate surface area is 95.0 Å². The monoisotopic (exact) mass is 249 g/mol. The number of carboxylic acids is 1. The molecule has 1 heterocycles. The molecule has 0 aliphatic rings. The van der Waals surface area contributed by atoms with Crippen LogP contribution in [0.4, 0.5) is 13.2 Å². The average Bonchev–Trinajstić information content (AvgIpc) is 2.23. The molecular weight excluding hydrogens is 239 g/mol. The van der Waals surface area contributed by atoms with Crippen LogP contribution in [0.3, 0.4) is 0 Å². The number of halogens is 3. The minimum atomic E-state index is -4.22. The Hall–Kier alpha value is -1.79. The lowest BCUT2D eigenvalue weighted by molar-refractivity contribution is -0.136. The summed E-state index contributed by atoms with van der Waals surface area (Å²) < 4.78 is 40.5. The van der Waals surface area contributed by atoms with E-state index in [-0.39, 0.29) is 24.3 Å². The summed E-state index contributed by atoms with van der Waals surface area (Å²) in [6.45, 7) is -0.191. The van der Waals surface area contributed by atoms with E-state index in [1.54, 1.807) is 0 Å². The van der Waals surface area contributed by atoms with Crippen LogP contribution in [0.1, 0.15) is 23.2 Å². The van der Waals surface area contributed by atoms with Crippen molar-refractivity contribution in [2.75, 3.05) is 6.61 Å². The average molecular weight is 249 g/mol. The molecule has 1 rings (SSSR count). The Morgan fingerprint density at radius 2 is 2.18 bits per heavy atom. The van der Waals surface area contributed by atoms with Crippen LogP contribution in [0.15, 0.2) is 18.5 Å². The number of carbonyl (C=O) groups is 1. The molecule has 0 aromatic carbocycles. The van der Waals surface area contributed by atoms with E-state index in [1.807, 2.05) is 0 Å². The molecule has 0 atom stereocenters. The Balaban J connectivity index is 2.49. The van der Waals surface area contributed by atoms with Crippen molar-refractivity contribution in [2.45, 2.75) is 19.0 Å². The van der Waals surface area contributed by atoms with Crippen molar-refractivity contribution < 1.29 is 27.8 Å². The number of ether oxygens (including phenoxy) is 1. The molecule has 0 spiro atoms. The third-order valence-corrected chi connectivity index (χ3v) is 1.87. The highest BCUT2D eigenvalue weighted by molar-refractivity contribution is 5.90. The van der Waals surface area contributed by atoms with E-state index in [2.05, 4.69) is 4.98 Å². The van der Waals surface area contributed by atoms with Crippen LogP contribution in [0.5, 0.6) is 5.75 Å². The zero-order valence-corrected chi connectivity index (χ0v) is 8.70. The molecule has 4 nitrogen and oxygen atoms in total. The van der Waals surface area contributed by atoms with E-state index in [9.17, 15) is 18.0 Å². The first-order chi connectivity index (χ1) is 7.90. The fraction of sp³-hybridized carbons (Fsp3) is 0.400. The highest BCUT2D eigenvalue weighted by Gasteiger charge is 2.26. The topological polar surface area (TPSA) is 59.4 Å². The number of pyridine rings is 1. The van der Waals surface area contributed by atoms with Gasteiger partial charge in [0.15, 0.2) is 0 Å². The number of alkyl halides is 3. The summed E-state index contributed by atoms with van der Waals surface area (Å²) in [5.74, 6) is -1.21. The number of nitrogens with zero attached hydrogens (tertiary/aromatic N) is 1. The molecule has 17 heavy (non-hydrogen) atoms. The zero-order valence-electron chi connectivity index (χ0n) is 8.70. The number of hydrogen-bond acceptors (Lipinski definition) is 3. The van der Waals surface area contributed by atoms with E-state index in [0.29, 0.717) is 0 Å². The summed E-state index contributed by atoms with van der Waals surface area (Å²) in [7, 11) is 0. The van der Waals surface area contributed by atoms with Crippen molar-refractivity contribution in [2.24, 2.45) is 0 Å². The van der Waals surface area contributed by atoms with Crippen molar-refractivity contribution in [3.63, 3.8) is 0 Å². The van der Waals surface area contributed by atoms with E-state index in [1.165, 1.54) is 12.3 Å². The van der Waals surface area contributed by atoms with Crippen molar-refractivity contribution in [1.29, 1.82) is 0 Å². The molecule has 1 aromatic heterocycles. The maximum absolute atomic E-state index is 11.8. The Kier molecular flexibility index (Phi) is 4.30. The normalized spacial score (nSPS) is 11.2. The van der Waals surface area contributed by atoms with Crippen molar-refractivity contribution >= 4 is 5.97 Å². The van der Waals surface area contributed by atoms with Gasteiger partial charge in [-0.2, -0.15) is 13.2 Å². The summed E-state index contributed by atoms with van der Waals surface area (Å²) in [4.78, 5) is 14.3. The van der Waals surface area contributed by atoms with Gasteiger partial charge in [-0.1, -0.05) is 0 Å². The molecule has 0 aliphatic carbocycles. The Morgan fingerprint density at radius 3 is 2.76 bits per heavy atom. The maximum Gasteiger partial charge on any atom is 0.389 e. The van der Waals surface area contributed by atoms with Gasteiger partial charge in [-0.15, -0.1) is 0 Å². The van der Waals surface area contributed by atoms with Crippen LogP contribution in [-0.2, 0) is 0 Å². The molecular formula is C10H10F3NO3. The smallest absolute Gasteiger partial charge is 0.389 e. The van der Waals surface area contributed by atoms with E-state index in [4.69, 9.17) is 9.84 Å². The number of aromatic carboxylic acids is 1. The van der Waals surface area contributed by atoms with Crippen molar-refractivity contribution in [3.05, 3.63) is 24.0 Å². The molecule has 0 radical (unpaired) electrons. The fourth-order valence-corrected chi connectivity index (χ4v) is 1.12. The molecule has 0 unspecified atom stereocenters. The number of aromatic nitrogens is 1. The number of carboxylic acid groups (broad SMARTS) is 1. The van der Waals surface area contributed by atoms with Crippen molar-refractivity contribution in [3.8, 4) is 5.75 Å². The van der Waals surface area contributed by atoms with Gasteiger partial charge in [-0.25, -0.2) is 4.79 Å². The molecule has 1 N–H and O–H groups in total. The van der Waals surface area contributed by atoms with Crippen LogP contribution >= 0.6 is 0 Å². The van der Waals surface area contributed by atoms with Crippen LogP contribution < -0.4 is 4.74 Å². The first kappa shape index (κ1) is 13.3. The quantitative estimate of drug-likeness (QED) is 0.814. The van der Waals surface area contributed by atoms with Crippen LogP contribution in [0.25, 0.3) is 0 Å². The lowest BCUT2D eigenvalue weighted by atomic mass is 10.2. The molecule has 0 fully saturated rings. The fourth-order valence-electron chi connectivity index (χ4n) is 1.12. The molecule has 94 valence electrons. The summed E-state index contributed by atoms with van der Waals surface area (Å²) in [5, 5.41) is 8.75. The van der Waals surface area contributed by atoms with Gasteiger partial charge in [0, 0.05) is 18.8 Å². The molecule has 0 aliphatic heterocycles. The van der Waals surface area contributed by atoms with E-state index in [0.717, 1.165) is 6.20 Å². The predicted molar refractivity (Wildman–Crippen MR) is 52.0 cm³/mol. The van der Waals surface area contributed by atoms with Crippen LogP contribution in [0.2, 0.25) is 0 Å². The number of hydrogen-bond donors (Lipinski definition) is 1. The largest absolute Gasteiger partial charge is 0.493 e. The molecule has 0 amide bonds. The van der Waals surface area contributed by atoms with Gasteiger partial charge >= 0.3 is 12.1 Å². The van der Waals surface area contributed by atoms with Gasteiger partial charge in [0.05, 0.1) is 6.61 Å². The molecule has 1 aromatic rings. The Bertz CT molecular complexity index is 393. The second-order valence-electron chi connectivity index (χ2n) is 3.24. The first-order valence-corrected chi connectivity index (χ1v) is 4.77. The van der Waals surface area contributed by atoms with Gasteiger partial charge < -0.3 is 9.84 Å². The standard InChI is InChI=1S/C10H10F3NO3/c11-10(12,13)3-1-5-17-8-2-4-14-6-7(8)9(15)16/h2,4,6H,1,3,5H2,(H,15,16). The molecule has 7 heteroatoms. The summed E-state index contributed by atoms with van der Waals surface area (Å²) in [6, 6.07) is 1.30. The van der Waals surface area contributed by atoms with Crippen molar-refractivity contribution in [1.82, 2.24) is 4.98 Å². The summed E-state index contributed by atoms with van der Waals surface area (Å²) in [5.41, 5.74) is -0.167. The third kappa shape index (κ3) is 4.71. The highest BCUT2D eigenvalue weighted by Crippen LogP contribution is 2.22. The lowest BCUT2D eigenvalue weighted by Crippen LogP contribution is -2.11. The van der Waals surface area contributed by atoms with Gasteiger partial charge in [0.1, 0.15) is 11.3 Å². The zero-order chi connectivity index (χ0) is 12.9. The molecule has 0 saturated heterocycles. The maximum atomic E-state index is 11.8. The van der Waals surface area contributed by atoms with E-state index >= 15 is 0 Å². The lowest BCUT2D eigenvalue weighted by Gasteiger charge is -2.09. The SMILES string of the molecule is O=C(O)c1cnccc1OCCCC(F)(F)F. The minimum absolute atomic E-state index is 0.0228. The second-order valence-corrected chi connectivity index (χ2v) is 3.24. The summed E-state index contributed by atoms with van der Waals surface area (Å²) in [6.07, 6.45) is -3.00. The minimum Gasteiger partial charge on any atom is -0.493 e. The number of rotatable bonds is 5. The van der Waals surface area contributed by atoms with Crippen LogP contribution in [0, 0.1) is 0 Å². The first-order valence-electron chi connectivity index (χ1n) is 4.77. The molecule has 0 bridgehead atoms. The van der Waals surface area contributed by atoms with E-state index < -0.39 is 18.6 Å². The van der Waals surface area contributed by atoms with Gasteiger partial charge in [-0.3, -0.25) is 4.98 Å². The Morgan fingerprint density at radius 1 is 1.47 bits per heavy atom. The molecule has 0 saturated carbocycles. The second kappa shape index (κ2) is 5.51. The van der Waals surface area contributed by atoms with Gasteiger partial charge in [0.2, 0.25) is 0 Å². The van der Waals surface area contributed by atoms with Gasteiger partial charge in [-0.05, 0) is 12.5 Å². The van der Waals surface area contributed by atoms with Crippen LogP contribution in [-0.4, -0.2) is 28.8 Å².